The Bertz CT molecular complexity index is 266. The molecule has 1 aliphatic heterocycles. The first-order valence-electron chi connectivity index (χ1n) is 5.82. The van der Waals surface area contributed by atoms with E-state index in [2.05, 4.69) is 11.0 Å². The molecule has 0 aromatic carbocycles. The number of rotatable bonds is 4. The molecule has 5 nitrogen and oxygen atoms in total. The maximum absolute atomic E-state index is 11.8. The first-order valence-corrected chi connectivity index (χ1v) is 5.82. The number of carbonyl (C=O) groups excluding carboxylic acids is 1. The van der Waals surface area contributed by atoms with Crippen molar-refractivity contribution in [2.75, 3.05) is 32.7 Å². The van der Waals surface area contributed by atoms with Crippen LogP contribution in [0.4, 0.5) is 0 Å². The largest absolute Gasteiger partial charge is 0.339 e. The van der Waals surface area contributed by atoms with Gasteiger partial charge in [0.1, 0.15) is 0 Å². The molecule has 0 saturated carbocycles. The van der Waals surface area contributed by atoms with Gasteiger partial charge in [0, 0.05) is 39.1 Å². The first-order chi connectivity index (χ1) is 7.69. The molecule has 0 aromatic rings. The Hall–Kier alpha value is -1.12. The highest BCUT2D eigenvalue weighted by molar-refractivity contribution is 5.81. The average Bonchev–Trinajstić information content (AvgIpc) is 2.35. The van der Waals surface area contributed by atoms with Crippen LogP contribution in [0.5, 0.6) is 0 Å². The van der Waals surface area contributed by atoms with Gasteiger partial charge in [-0.05, 0) is 6.42 Å². The summed E-state index contributed by atoms with van der Waals surface area (Å²) in [7, 11) is 0. The maximum atomic E-state index is 11.8. The quantitative estimate of drug-likeness (QED) is 0.716. The summed E-state index contributed by atoms with van der Waals surface area (Å²) in [5, 5.41) is 8.48. The van der Waals surface area contributed by atoms with Crippen LogP contribution in [0.15, 0.2) is 0 Å². The van der Waals surface area contributed by atoms with E-state index in [9.17, 15) is 4.79 Å². The van der Waals surface area contributed by atoms with Gasteiger partial charge in [-0.15, -0.1) is 0 Å². The molecule has 1 heterocycles. The molecule has 5 heteroatoms. The third-order valence-corrected chi connectivity index (χ3v) is 2.98. The highest BCUT2D eigenvalue weighted by Crippen LogP contribution is 2.05. The molecule has 1 fully saturated rings. The van der Waals surface area contributed by atoms with Crippen molar-refractivity contribution in [2.24, 2.45) is 5.73 Å². The number of carbonyl (C=O) groups is 1. The average molecular weight is 224 g/mol. The Kier molecular flexibility index (Phi) is 5.23. The summed E-state index contributed by atoms with van der Waals surface area (Å²) in [4.78, 5) is 15.8. The van der Waals surface area contributed by atoms with Gasteiger partial charge in [0.05, 0.1) is 12.1 Å². The number of nitrogens with two attached hydrogens (primary N) is 1. The Morgan fingerprint density at radius 2 is 2.06 bits per heavy atom. The standard InChI is InChI=1S/C11H20N4O/c1-2-10(13)11(16)15-8-6-14(7-9-15)5-3-4-12/h10H,2-3,5-9,13H2,1H3/t10-/m0/s1. The molecule has 0 bridgehead atoms. The second-order valence-corrected chi connectivity index (χ2v) is 4.09. The zero-order chi connectivity index (χ0) is 12.0. The number of amides is 1. The molecule has 16 heavy (non-hydrogen) atoms. The summed E-state index contributed by atoms with van der Waals surface area (Å²) in [5.74, 6) is 0.0578. The summed E-state index contributed by atoms with van der Waals surface area (Å²) in [6, 6.07) is 1.78. The van der Waals surface area contributed by atoms with Crippen molar-refractivity contribution >= 4 is 5.91 Å². The van der Waals surface area contributed by atoms with Crippen LogP contribution in [0.1, 0.15) is 19.8 Å². The predicted octanol–water partition coefficient (Wildman–Crippen LogP) is -0.218. The topological polar surface area (TPSA) is 73.4 Å². The second kappa shape index (κ2) is 6.46. The van der Waals surface area contributed by atoms with Gasteiger partial charge in [-0.25, -0.2) is 0 Å². The third-order valence-electron chi connectivity index (χ3n) is 2.98. The van der Waals surface area contributed by atoms with Gasteiger partial charge >= 0.3 is 0 Å². The van der Waals surface area contributed by atoms with Crippen molar-refractivity contribution in [2.45, 2.75) is 25.8 Å². The lowest BCUT2D eigenvalue weighted by Crippen LogP contribution is -2.53. The molecular formula is C11H20N4O. The molecule has 0 unspecified atom stereocenters. The highest BCUT2D eigenvalue weighted by Gasteiger charge is 2.23. The lowest BCUT2D eigenvalue weighted by molar-refractivity contribution is -0.134. The van der Waals surface area contributed by atoms with E-state index in [1.165, 1.54) is 0 Å². The smallest absolute Gasteiger partial charge is 0.239 e. The molecule has 1 saturated heterocycles. The van der Waals surface area contributed by atoms with Crippen LogP contribution < -0.4 is 5.73 Å². The summed E-state index contributed by atoms with van der Waals surface area (Å²) >= 11 is 0. The maximum Gasteiger partial charge on any atom is 0.239 e. The molecule has 1 rings (SSSR count). The molecule has 1 amide bonds. The fourth-order valence-electron chi connectivity index (χ4n) is 1.81. The van der Waals surface area contributed by atoms with Crippen molar-refractivity contribution in [3.8, 4) is 6.07 Å². The minimum atomic E-state index is -0.356. The molecule has 0 radical (unpaired) electrons. The van der Waals surface area contributed by atoms with Gasteiger partial charge in [-0.2, -0.15) is 5.26 Å². The molecular weight excluding hydrogens is 204 g/mol. The summed E-state index contributed by atoms with van der Waals surface area (Å²) in [6.07, 6.45) is 1.25. The van der Waals surface area contributed by atoms with E-state index in [0.717, 1.165) is 32.7 Å². The van der Waals surface area contributed by atoms with Crippen molar-refractivity contribution < 1.29 is 4.79 Å². The van der Waals surface area contributed by atoms with Gasteiger partial charge < -0.3 is 10.6 Å². The first kappa shape index (κ1) is 12.9. The Balaban J connectivity index is 2.32. The highest BCUT2D eigenvalue weighted by atomic mass is 16.2. The molecule has 2 N–H and O–H groups in total. The number of nitrogens with zero attached hydrogens (tertiary/aromatic N) is 3. The van der Waals surface area contributed by atoms with E-state index in [1.807, 2.05) is 11.8 Å². The number of piperazine rings is 1. The van der Waals surface area contributed by atoms with Crippen LogP contribution in [0, 0.1) is 11.3 Å². The van der Waals surface area contributed by atoms with Gasteiger partial charge in [-0.1, -0.05) is 6.92 Å². The van der Waals surface area contributed by atoms with Gasteiger partial charge in [0.15, 0.2) is 0 Å². The molecule has 1 atom stereocenters. The molecule has 0 aliphatic carbocycles. The summed E-state index contributed by atoms with van der Waals surface area (Å²) in [6.45, 7) is 5.90. The Morgan fingerprint density at radius 1 is 1.44 bits per heavy atom. The van der Waals surface area contributed by atoms with Crippen LogP contribution in [0.25, 0.3) is 0 Å². The Labute approximate surface area is 96.8 Å². The molecule has 0 spiro atoms. The molecule has 1 aliphatic rings. The van der Waals surface area contributed by atoms with Crippen molar-refractivity contribution in [3.63, 3.8) is 0 Å². The number of hydrogen-bond acceptors (Lipinski definition) is 4. The normalized spacial score (nSPS) is 19.2. The van der Waals surface area contributed by atoms with Crippen LogP contribution in [0.3, 0.4) is 0 Å². The fraction of sp³-hybridized carbons (Fsp3) is 0.818. The lowest BCUT2D eigenvalue weighted by Gasteiger charge is -2.35. The molecule has 0 aromatic heterocycles. The van der Waals surface area contributed by atoms with Crippen LogP contribution >= 0.6 is 0 Å². The summed E-state index contributed by atoms with van der Waals surface area (Å²) in [5.41, 5.74) is 5.71. The van der Waals surface area contributed by atoms with Crippen molar-refractivity contribution in [3.05, 3.63) is 0 Å². The molecule has 90 valence electrons. The third kappa shape index (κ3) is 3.47. The van der Waals surface area contributed by atoms with E-state index in [1.54, 1.807) is 0 Å². The summed E-state index contributed by atoms with van der Waals surface area (Å²) < 4.78 is 0. The number of hydrogen-bond donors (Lipinski definition) is 1. The lowest BCUT2D eigenvalue weighted by atomic mass is 10.2. The zero-order valence-corrected chi connectivity index (χ0v) is 9.85. The van der Waals surface area contributed by atoms with Crippen LogP contribution in [-0.2, 0) is 4.79 Å². The number of nitriles is 1. The van der Waals surface area contributed by atoms with Gasteiger partial charge in [0.25, 0.3) is 0 Å². The van der Waals surface area contributed by atoms with E-state index in [4.69, 9.17) is 11.0 Å². The van der Waals surface area contributed by atoms with E-state index in [0.29, 0.717) is 12.8 Å². The zero-order valence-electron chi connectivity index (χ0n) is 9.85. The predicted molar refractivity (Wildman–Crippen MR) is 61.5 cm³/mol. The Morgan fingerprint density at radius 3 is 2.56 bits per heavy atom. The van der Waals surface area contributed by atoms with Gasteiger partial charge in [-0.3, -0.25) is 9.69 Å². The minimum absolute atomic E-state index is 0.0578. The fourth-order valence-corrected chi connectivity index (χ4v) is 1.81. The van der Waals surface area contributed by atoms with Gasteiger partial charge in [0.2, 0.25) is 5.91 Å². The van der Waals surface area contributed by atoms with E-state index < -0.39 is 0 Å². The SMILES string of the molecule is CC[C@H](N)C(=O)N1CCN(CCC#N)CC1. The van der Waals surface area contributed by atoms with E-state index in [-0.39, 0.29) is 11.9 Å². The van der Waals surface area contributed by atoms with Crippen LogP contribution in [0.2, 0.25) is 0 Å². The van der Waals surface area contributed by atoms with Crippen molar-refractivity contribution in [1.29, 1.82) is 5.26 Å². The van der Waals surface area contributed by atoms with E-state index >= 15 is 0 Å². The van der Waals surface area contributed by atoms with Crippen LogP contribution in [-0.4, -0.2) is 54.5 Å². The second-order valence-electron chi connectivity index (χ2n) is 4.09. The minimum Gasteiger partial charge on any atom is -0.339 e. The monoisotopic (exact) mass is 224 g/mol. The van der Waals surface area contributed by atoms with Crippen molar-refractivity contribution in [1.82, 2.24) is 9.80 Å².